The molecular formula is C20H15ClN4O2. The number of aromatic nitrogens is 3. The average molecular weight is 379 g/mol. The second kappa shape index (κ2) is 6.74. The van der Waals surface area contributed by atoms with E-state index in [9.17, 15) is 9.59 Å². The van der Waals surface area contributed by atoms with E-state index < -0.39 is 0 Å². The molecule has 7 heteroatoms. The molecule has 2 aromatic carbocycles. The fourth-order valence-electron chi connectivity index (χ4n) is 3.05. The zero-order valence-electron chi connectivity index (χ0n) is 14.1. The molecule has 0 bridgehead atoms. The molecule has 0 fully saturated rings. The maximum Gasteiger partial charge on any atom is 0.267 e. The first-order valence-corrected chi connectivity index (χ1v) is 8.63. The SMILES string of the molecule is Nn1cc(Cc2cc(-c3ccccc3)n[nH]c2=O)c(=O)c2cc(Cl)ccc21. The van der Waals surface area contributed by atoms with E-state index in [2.05, 4.69) is 10.2 Å². The molecule has 0 amide bonds. The van der Waals surface area contributed by atoms with E-state index in [4.69, 9.17) is 17.4 Å². The van der Waals surface area contributed by atoms with Crippen molar-refractivity contribution in [1.82, 2.24) is 14.9 Å². The Balaban J connectivity index is 1.82. The lowest BCUT2D eigenvalue weighted by Crippen LogP contribution is -2.22. The van der Waals surface area contributed by atoms with Crippen molar-refractivity contribution in [2.45, 2.75) is 6.42 Å². The molecule has 4 aromatic rings. The maximum absolute atomic E-state index is 12.8. The Morgan fingerprint density at radius 2 is 1.81 bits per heavy atom. The molecule has 2 aromatic heterocycles. The number of H-pyrrole nitrogens is 1. The third kappa shape index (κ3) is 3.22. The highest BCUT2D eigenvalue weighted by atomic mass is 35.5. The van der Waals surface area contributed by atoms with Gasteiger partial charge in [-0.1, -0.05) is 41.9 Å². The number of rotatable bonds is 3. The molecule has 3 N–H and O–H groups in total. The van der Waals surface area contributed by atoms with Gasteiger partial charge >= 0.3 is 0 Å². The van der Waals surface area contributed by atoms with Crippen LogP contribution < -0.4 is 16.8 Å². The van der Waals surface area contributed by atoms with Crippen molar-refractivity contribution < 1.29 is 0 Å². The molecule has 0 spiro atoms. The number of nitrogen functional groups attached to an aromatic ring is 1. The van der Waals surface area contributed by atoms with Gasteiger partial charge in [0.2, 0.25) is 0 Å². The van der Waals surface area contributed by atoms with Crippen LogP contribution in [0.3, 0.4) is 0 Å². The number of nitrogens with two attached hydrogens (primary N) is 1. The van der Waals surface area contributed by atoms with Crippen molar-refractivity contribution in [2.75, 3.05) is 5.84 Å². The Labute approximate surface area is 158 Å². The van der Waals surface area contributed by atoms with Gasteiger partial charge in [-0.15, -0.1) is 0 Å². The second-order valence-electron chi connectivity index (χ2n) is 6.20. The number of halogens is 1. The highest BCUT2D eigenvalue weighted by Crippen LogP contribution is 2.18. The minimum Gasteiger partial charge on any atom is -0.339 e. The van der Waals surface area contributed by atoms with Crippen molar-refractivity contribution in [2.24, 2.45) is 0 Å². The second-order valence-corrected chi connectivity index (χ2v) is 6.64. The first-order valence-electron chi connectivity index (χ1n) is 8.26. The predicted molar refractivity (Wildman–Crippen MR) is 106 cm³/mol. The molecule has 0 unspecified atom stereocenters. The lowest BCUT2D eigenvalue weighted by atomic mass is 10.0. The van der Waals surface area contributed by atoms with Crippen molar-refractivity contribution in [3.63, 3.8) is 0 Å². The summed E-state index contributed by atoms with van der Waals surface area (Å²) in [5.74, 6) is 6.03. The molecule has 6 nitrogen and oxygen atoms in total. The number of hydrogen-bond donors (Lipinski definition) is 2. The van der Waals surface area contributed by atoms with E-state index in [1.165, 1.54) is 4.68 Å². The summed E-state index contributed by atoms with van der Waals surface area (Å²) in [6, 6.07) is 16.1. The molecule has 0 aliphatic carbocycles. The molecule has 2 heterocycles. The van der Waals surface area contributed by atoms with Gasteiger partial charge in [-0.3, -0.25) is 14.3 Å². The fourth-order valence-corrected chi connectivity index (χ4v) is 3.22. The van der Waals surface area contributed by atoms with Crippen molar-refractivity contribution in [3.8, 4) is 11.3 Å². The van der Waals surface area contributed by atoms with Gasteiger partial charge in [0.15, 0.2) is 5.43 Å². The molecule has 27 heavy (non-hydrogen) atoms. The fraction of sp³-hybridized carbons (Fsp3) is 0.0500. The van der Waals surface area contributed by atoms with Crippen molar-refractivity contribution >= 4 is 22.5 Å². The van der Waals surface area contributed by atoms with E-state index in [1.54, 1.807) is 30.5 Å². The molecular weight excluding hydrogens is 364 g/mol. The van der Waals surface area contributed by atoms with Crippen LogP contribution >= 0.6 is 11.6 Å². The van der Waals surface area contributed by atoms with Crippen LogP contribution in [0.25, 0.3) is 22.2 Å². The van der Waals surface area contributed by atoms with E-state index >= 15 is 0 Å². The van der Waals surface area contributed by atoms with Crippen LogP contribution in [0.1, 0.15) is 11.1 Å². The Hall–Kier alpha value is -3.38. The van der Waals surface area contributed by atoms with Gasteiger partial charge in [0.25, 0.3) is 5.56 Å². The van der Waals surface area contributed by atoms with E-state index in [0.717, 1.165) is 5.56 Å². The number of nitrogens with one attached hydrogen (secondary N) is 1. The highest BCUT2D eigenvalue weighted by Gasteiger charge is 2.12. The van der Waals surface area contributed by atoms with Crippen LogP contribution in [0.15, 0.2) is 70.4 Å². The van der Waals surface area contributed by atoms with Crippen molar-refractivity contribution in [3.05, 3.63) is 97.5 Å². The summed E-state index contributed by atoms with van der Waals surface area (Å²) in [7, 11) is 0. The average Bonchev–Trinajstić information content (AvgIpc) is 2.68. The molecule has 134 valence electrons. The van der Waals surface area contributed by atoms with Crippen molar-refractivity contribution in [1.29, 1.82) is 0 Å². The van der Waals surface area contributed by atoms with E-state index in [0.29, 0.717) is 32.7 Å². The van der Waals surface area contributed by atoms with Crippen LogP contribution in [-0.2, 0) is 6.42 Å². The van der Waals surface area contributed by atoms with Crippen LogP contribution in [-0.4, -0.2) is 14.9 Å². The summed E-state index contributed by atoms with van der Waals surface area (Å²) in [5.41, 5.74) is 2.36. The van der Waals surface area contributed by atoms with Crippen LogP contribution in [0, 0.1) is 0 Å². The number of fused-ring (bicyclic) bond motifs is 1. The zero-order chi connectivity index (χ0) is 19.0. The van der Waals surface area contributed by atoms with Gasteiger partial charge in [-0.05, 0) is 24.3 Å². The van der Waals surface area contributed by atoms with Crippen LogP contribution in [0.2, 0.25) is 5.02 Å². The van der Waals surface area contributed by atoms with Gasteiger partial charge in [-0.2, -0.15) is 5.10 Å². The summed E-state index contributed by atoms with van der Waals surface area (Å²) in [4.78, 5) is 25.1. The Morgan fingerprint density at radius 1 is 1.04 bits per heavy atom. The molecule has 0 saturated heterocycles. The van der Waals surface area contributed by atoms with Gasteiger partial charge < -0.3 is 5.84 Å². The Morgan fingerprint density at radius 3 is 2.59 bits per heavy atom. The minimum absolute atomic E-state index is 0.135. The lowest BCUT2D eigenvalue weighted by molar-refractivity contribution is 0.941. The van der Waals surface area contributed by atoms with Crippen LogP contribution in [0.5, 0.6) is 0 Å². The molecule has 0 saturated carbocycles. The minimum atomic E-state index is -0.344. The third-order valence-electron chi connectivity index (χ3n) is 4.40. The molecule has 4 rings (SSSR count). The van der Waals surface area contributed by atoms with Gasteiger partial charge in [0.1, 0.15) is 0 Å². The van der Waals surface area contributed by atoms with Gasteiger partial charge in [0, 0.05) is 39.7 Å². The first kappa shape index (κ1) is 17.1. The van der Waals surface area contributed by atoms with E-state index in [-0.39, 0.29) is 17.4 Å². The van der Waals surface area contributed by atoms with Gasteiger partial charge in [0.05, 0.1) is 11.2 Å². The number of aromatic amines is 1. The normalized spacial score (nSPS) is 11.0. The number of nitrogens with zero attached hydrogens (tertiary/aromatic N) is 2. The topological polar surface area (TPSA) is 93.8 Å². The molecule has 0 aliphatic heterocycles. The third-order valence-corrected chi connectivity index (χ3v) is 4.63. The van der Waals surface area contributed by atoms with E-state index in [1.807, 2.05) is 30.3 Å². The number of pyridine rings is 1. The maximum atomic E-state index is 12.8. The quantitative estimate of drug-likeness (QED) is 0.536. The van der Waals surface area contributed by atoms with Crippen LogP contribution in [0.4, 0.5) is 0 Å². The van der Waals surface area contributed by atoms with Gasteiger partial charge in [-0.25, -0.2) is 5.10 Å². The summed E-state index contributed by atoms with van der Waals surface area (Å²) in [6.07, 6.45) is 1.68. The first-order chi connectivity index (χ1) is 13.0. The predicted octanol–water partition coefficient (Wildman–Crippen LogP) is 2.71. The number of hydrogen-bond acceptors (Lipinski definition) is 4. The zero-order valence-corrected chi connectivity index (χ0v) is 14.9. The molecule has 0 aliphatic rings. The largest absolute Gasteiger partial charge is 0.339 e. The summed E-state index contributed by atoms with van der Waals surface area (Å²) >= 11 is 6.02. The standard InChI is InChI=1S/C20H15ClN4O2/c21-15-6-7-18-16(10-15)19(26)14(11-25(18)22)8-13-9-17(23-24-20(13)27)12-4-2-1-3-5-12/h1-7,9-11H,8,22H2,(H,24,27). The molecule has 0 radical (unpaired) electrons. The Kier molecular flexibility index (Phi) is 4.25. The monoisotopic (exact) mass is 378 g/mol. The highest BCUT2D eigenvalue weighted by molar-refractivity contribution is 6.31. The Bertz CT molecular complexity index is 1260. The summed E-state index contributed by atoms with van der Waals surface area (Å²) < 4.78 is 1.37. The smallest absolute Gasteiger partial charge is 0.267 e. The summed E-state index contributed by atoms with van der Waals surface area (Å²) in [5, 5.41) is 7.45. The lowest BCUT2D eigenvalue weighted by Gasteiger charge is -2.09. The summed E-state index contributed by atoms with van der Waals surface area (Å²) in [6.45, 7) is 0. The number of benzene rings is 2. The molecule has 0 atom stereocenters.